The second kappa shape index (κ2) is 8.60. The molecule has 32 heavy (non-hydrogen) atoms. The van der Waals surface area contributed by atoms with Crippen molar-refractivity contribution in [3.05, 3.63) is 86.6 Å². The van der Waals surface area contributed by atoms with E-state index in [1.54, 1.807) is 22.8 Å². The number of thioether (sulfide) groups is 1. The quantitative estimate of drug-likeness (QED) is 0.217. The first-order valence-corrected chi connectivity index (χ1v) is 10.9. The van der Waals surface area contributed by atoms with E-state index >= 15 is 0 Å². The molecular weight excluding hydrogens is 446 g/mol. The number of hydrogen-bond acceptors (Lipinski definition) is 6. The van der Waals surface area contributed by atoms with Crippen molar-refractivity contribution < 1.29 is 14.5 Å². The van der Waals surface area contributed by atoms with Gasteiger partial charge in [-0.05, 0) is 55.8 Å². The Balaban J connectivity index is 1.75. The van der Waals surface area contributed by atoms with Gasteiger partial charge in [-0.25, -0.2) is 0 Å². The van der Waals surface area contributed by atoms with Crippen molar-refractivity contribution in [2.45, 2.75) is 13.8 Å². The number of para-hydroxylation sites is 1. The summed E-state index contributed by atoms with van der Waals surface area (Å²) in [6.07, 6.45) is 1.79. The highest BCUT2D eigenvalue weighted by atomic mass is 32.2. The Labute approximate surface area is 194 Å². The van der Waals surface area contributed by atoms with Crippen LogP contribution >= 0.6 is 24.0 Å². The molecule has 1 aliphatic rings. The predicted molar refractivity (Wildman–Crippen MR) is 131 cm³/mol. The summed E-state index contributed by atoms with van der Waals surface area (Å²) in [5.74, 6) is 0.221. The third-order valence-corrected chi connectivity index (χ3v) is 6.49. The fourth-order valence-electron chi connectivity index (χ4n) is 3.68. The Hall–Kier alpha value is -3.43. The van der Waals surface area contributed by atoms with Crippen LogP contribution in [-0.4, -0.2) is 26.8 Å². The first-order chi connectivity index (χ1) is 15.3. The zero-order valence-corrected chi connectivity index (χ0v) is 19.2. The van der Waals surface area contributed by atoms with E-state index in [2.05, 4.69) is 0 Å². The Morgan fingerprint density at radius 1 is 1.12 bits per heavy atom. The van der Waals surface area contributed by atoms with Crippen LogP contribution in [0.4, 0.5) is 11.4 Å². The van der Waals surface area contributed by atoms with Crippen LogP contribution in [0.1, 0.15) is 17.0 Å². The van der Waals surface area contributed by atoms with E-state index in [0.29, 0.717) is 20.7 Å². The molecule has 0 saturated carbocycles. The SMILES string of the molecule is COc1ccc(-n2c(C)cc(/C=C3/SC(=S)N(c4ccccc4)C3=O)c2C)c([N+](=O)[O-])c1. The number of nitro benzene ring substituents is 1. The molecule has 0 atom stereocenters. The summed E-state index contributed by atoms with van der Waals surface area (Å²) in [7, 11) is 1.47. The monoisotopic (exact) mass is 465 g/mol. The summed E-state index contributed by atoms with van der Waals surface area (Å²) in [5, 5.41) is 11.7. The van der Waals surface area contributed by atoms with E-state index in [-0.39, 0.29) is 11.6 Å². The number of methoxy groups -OCH3 is 1. The highest BCUT2D eigenvalue weighted by Gasteiger charge is 2.33. The molecule has 0 spiro atoms. The number of benzene rings is 2. The first kappa shape index (κ1) is 21.8. The van der Waals surface area contributed by atoms with E-state index in [4.69, 9.17) is 17.0 Å². The van der Waals surface area contributed by atoms with E-state index in [9.17, 15) is 14.9 Å². The largest absolute Gasteiger partial charge is 0.496 e. The smallest absolute Gasteiger partial charge is 0.296 e. The summed E-state index contributed by atoms with van der Waals surface area (Å²) in [6.45, 7) is 3.73. The highest BCUT2D eigenvalue weighted by Crippen LogP contribution is 2.37. The molecule has 0 aliphatic carbocycles. The van der Waals surface area contributed by atoms with Crippen molar-refractivity contribution in [1.29, 1.82) is 0 Å². The fraction of sp³-hybridized carbons (Fsp3) is 0.130. The average molecular weight is 466 g/mol. The number of anilines is 1. The van der Waals surface area contributed by atoms with Gasteiger partial charge in [-0.3, -0.25) is 19.8 Å². The lowest BCUT2D eigenvalue weighted by molar-refractivity contribution is -0.384. The summed E-state index contributed by atoms with van der Waals surface area (Å²) >= 11 is 6.68. The maximum absolute atomic E-state index is 13.0. The zero-order valence-electron chi connectivity index (χ0n) is 17.6. The highest BCUT2D eigenvalue weighted by molar-refractivity contribution is 8.27. The normalized spacial score (nSPS) is 15.0. The lowest BCUT2D eigenvalue weighted by Crippen LogP contribution is -2.27. The Kier molecular flexibility index (Phi) is 5.86. The number of aromatic nitrogens is 1. The van der Waals surface area contributed by atoms with Crippen LogP contribution in [-0.2, 0) is 4.79 Å². The summed E-state index contributed by atoms with van der Waals surface area (Å²) in [5.41, 5.74) is 3.47. The van der Waals surface area contributed by atoms with Gasteiger partial charge in [0, 0.05) is 11.4 Å². The molecule has 0 N–H and O–H groups in total. The van der Waals surface area contributed by atoms with Gasteiger partial charge < -0.3 is 9.30 Å². The minimum absolute atomic E-state index is 0.0619. The van der Waals surface area contributed by atoms with Crippen LogP contribution < -0.4 is 9.64 Å². The van der Waals surface area contributed by atoms with Gasteiger partial charge in [0.15, 0.2) is 4.32 Å². The molecule has 0 bridgehead atoms. The van der Waals surface area contributed by atoms with Crippen molar-refractivity contribution >= 4 is 51.7 Å². The number of rotatable bonds is 5. The molecule has 2 aromatic carbocycles. The Morgan fingerprint density at radius 3 is 2.50 bits per heavy atom. The molecule has 1 fully saturated rings. The van der Waals surface area contributed by atoms with Gasteiger partial charge in [0.05, 0.1) is 28.7 Å². The van der Waals surface area contributed by atoms with Gasteiger partial charge in [-0.15, -0.1) is 0 Å². The number of thiocarbonyl (C=S) groups is 1. The van der Waals surface area contributed by atoms with Crippen molar-refractivity contribution in [2.75, 3.05) is 12.0 Å². The topological polar surface area (TPSA) is 77.6 Å². The number of nitro groups is 1. The third kappa shape index (κ3) is 3.80. The Morgan fingerprint density at radius 2 is 1.84 bits per heavy atom. The molecule has 2 heterocycles. The van der Waals surface area contributed by atoms with Crippen molar-refractivity contribution in [2.24, 2.45) is 0 Å². The van der Waals surface area contributed by atoms with E-state index in [1.807, 2.05) is 50.2 Å². The minimum atomic E-state index is -0.429. The molecule has 0 radical (unpaired) electrons. The third-order valence-electron chi connectivity index (χ3n) is 5.19. The van der Waals surface area contributed by atoms with Gasteiger partial charge in [-0.1, -0.05) is 42.2 Å². The molecule has 4 rings (SSSR count). The van der Waals surface area contributed by atoms with Crippen LogP contribution in [0.25, 0.3) is 11.8 Å². The van der Waals surface area contributed by atoms with Crippen LogP contribution in [0.5, 0.6) is 5.75 Å². The molecule has 1 amide bonds. The Bertz CT molecular complexity index is 1280. The van der Waals surface area contributed by atoms with Gasteiger partial charge in [-0.2, -0.15) is 0 Å². The molecule has 1 aromatic heterocycles. The molecule has 1 aliphatic heterocycles. The second-order valence-corrected chi connectivity index (χ2v) is 8.80. The van der Waals surface area contributed by atoms with Crippen LogP contribution in [0.15, 0.2) is 59.5 Å². The predicted octanol–water partition coefficient (Wildman–Crippen LogP) is 5.42. The molecule has 1 saturated heterocycles. The second-order valence-electron chi connectivity index (χ2n) is 7.13. The molecular formula is C23H19N3O4S2. The van der Waals surface area contributed by atoms with Gasteiger partial charge in [0.2, 0.25) is 0 Å². The molecule has 162 valence electrons. The summed E-state index contributed by atoms with van der Waals surface area (Å²) in [4.78, 5) is 26.3. The molecule has 9 heteroatoms. The average Bonchev–Trinajstić information content (AvgIpc) is 3.22. The van der Waals surface area contributed by atoms with Crippen LogP contribution in [0, 0.1) is 24.0 Å². The maximum Gasteiger partial charge on any atom is 0.296 e. The van der Waals surface area contributed by atoms with Crippen molar-refractivity contribution in [1.82, 2.24) is 4.57 Å². The maximum atomic E-state index is 13.0. The first-order valence-electron chi connectivity index (χ1n) is 9.66. The van der Waals surface area contributed by atoms with Gasteiger partial charge in [0.1, 0.15) is 11.4 Å². The number of carbonyl (C=O) groups excluding carboxylic acids is 1. The van der Waals surface area contributed by atoms with Gasteiger partial charge in [0.25, 0.3) is 11.6 Å². The summed E-state index contributed by atoms with van der Waals surface area (Å²) in [6, 6.07) is 15.9. The number of nitrogens with zero attached hydrogens (tertiary/aromatic N) is 3. The number of aryl methyl sites for hydroxylation is 1. The fourth-order valence-corrected chi connectivity index (χ4v) is 4.97. The van der Waals surface area contributed by atoms with E-state index in [0.717, 1.165) is 22.6 Å². The molecule has 7 nitrogen and oxygen atoms in total. The number of ether oxygens (including phenoxy) is 1. The number of carbonyl (C=O) groups is 1. The van der Waals surface area contributed by atoms with Crippen LogP contribution in [0.2, 0.25) is 0 Å². The number of hydrogen-bond donors (Lipinski definition) is 0. The van der Waals surface area contributed by atoms with Crippen molar-refractivity contribution in [3.63, 3.8) is 0 Å². The van der Waals surface area contributed by atoms with E-state index in [1.165, 1.54) is 29.8 Å². The molecule has 0 unspecified atom stereocenters. The number of amides is 1. The minimum Gasteiger partial charge on any atom is -0.496 e. The summed E-state index contributed by atoms with van der Waals surface area (Å²) < 4.78 is 7.41. The zero-order chi connectivity index (χ0) is 23.0. The lowest BCUT2D eigenvalue weighted by atomic mass is 10.2. The molecule has 3 aromatic rings. The van der Waals surface area contributed by atoms with Crippen LogP contribution in [0.3, 0.4) is 0 Å². The van der Waals surface area contributed by atoms with Gasteiger partial charge >= 0.3 is 0 Å². The van der Waals surface area contributed by atoms with Crippen molar-refractivity contribution in [3.8, 4) is 11.4 Å². The lowest BCUT2D eigenvalue weighted by Gasteiger charge is -2.13. The standard InChI is InChI=1S/C23H19N3O4S2/c1-14-11-16(12-21-22(27)25(23(31)32-21)17-7-5-4-6-8-17)15(2)24(14)19-10-9-18(30-3)13-20(19)26(28)29/h4-13H,1-3H3/b21-12+. The van der Waals surface area contributed by atoms with E-state index < -0.39 is 4.92 Å².